The van der Waals surface area contributed by atoms with Crippen LogP contribution < -0.4 is 10.6 Å². The zero-order valence-corrected chi connectivity index (χ0v) is 19.0. The Morgan fingerprint density at radius 1 is 0.593 bits per heavy atom. The fraction of sp³-hybridized carbons (Fsp3) is 0.538. The lowest BCUT2D eigenvalue weighted by Crippen LogP contribution is -2.16. The summed E-state index contributed by atoms with van der Waals surface area (Å²) in [5.41, 5.74) is 6.55. The van der Waals surface area contributed by atoms with Gasteiger partial charge >= 0.3 is 0 Å². The van der Waals surface area contributed by atoms with Gasteiger partial charge in [-0.2, -0.15) is 0 Å². The number of hydrogen-bond acceptors (Lipinski definition) is 0. The molecule has 0 aliphatic heterocycles. The van der Waals surface area contributed by atoms with Gasteiger partial charge in [0.15, 0.2) is 0 Å². The summed E-state index contributed by atoms with van der Waals surface area (Å²) in [6, 6.07) is 14.0. The molecule has 1 heteroatoms. The van der Waals surface area contributed by atoms with Crippen LogP contribution in [0, 0.1) is 0 Å². The molecule has 0 aliphatic carbocycles. The van der Waals surface area contributed by atoms with Gasteiger partial charge in [-0.3, -0.25) is 0 Å². The predicted octanol–water partition coefficient (Wildman–Crippen LogP) is 6.91. The van der Waals surface area contributed by atoms with Crippen molar-refractivity contribution in [1.29, 1.82) is 0 Å². The molecule has 0 aromatic heterocycles. The highest BCUT2D eigenvalue weighted by atomic mass is 31.1. The highest BCUT2D eigenvalue weighted by Gasteiger charge is 2.14. The first-order valence-electron chi connectivity index (χ1n) is 11.2. The highest BCUT2D eigenvalue weighted by molar-refractivity contribution is 7.55. The lowest BCUT2D eigenvalue weighted by atomic mass is 9.91. The number of benzene rings is 2. The topological polar surface area (TPSA) is 0 Å². The first-order valence-corrected chi connectivity index (χ1v) is 12.2. The molecule has 0 bridgehead atoms. The van der Waals surface area contributed by atoms with Crippen LogP contribution >= 0.6 is 8.58 Å². The lowest BCUT2D eigenvalue weighted by molar-refractivity contribution is 0.737. The van der Waals surface area contributed by atoms with E-state index < -0.39 is 0 Å². The van der Waals surface area contributed by atoms with E-state index in [1.54, 1.807) is 27.3 Å². The lowest BCUT2D eigenvalue weighted by Gasteiger charge is -2.20. The molecule has 0 fully saturated rings. The van der Waals surface area contributed by atoms with Gasteiger partial charge in [0, 0.05) is 0 Å². The van der Waals surface area contributed by atoms with Crippen molar-refractivity contribution >= 4 is 19.2 Å². The second-order valence-corrected chi connectivity index (χ2v) is 9.00. The van der Waals surface area contributed by atoms with Crippen LogP contribution in [0.1, 0.15) is 88.5 Å². The van der Waals surface area contributed by atoms with Gasteiger partial charge in [0.25, 0.3) is 0 Å². The third kappa shape index (κ3) is 6.46. The summed E-state index contributed by atoms with van der Waals surface area (Å²) in [5.74, 6) is 0. The second-order valence-electron chi connectivity index (χ2n) is 7.68. The normalized spacial score (nSPS) is 11.6. The minimum Gasteiger partial charge on any atom is -0.0654 e. The fourth-order valence-corrected chi connectivity index (χ4v) is 5.34. The monoisotopic (exact) mass is 382 g/mol. The smallest absolute Gasteiger partial charge is 0.0191 e. The molecular weight excluding hydrogens is 343 g/mol. The van der Waals surface area contributed by atoms with Gasteiger partial charge in [0.2, 0.25) is 0 Å². The Morgan fingerprint density at radius 2 is 1.22 bits per heavy atom. The van der Waals surface area contributed by atoms with Crippen LogP contribution in [0.15, 0.2) is 36.4 Å². The quantitative estimate of drug-likeness (QED) is 0.350. The van der Waals surface area contributed by atoms with Gasteiger partial charge in [-0.15, -0.1) is 0 Å². The summed E-state index contributed by atoms with van der Waals surface area (Å²) in [6.07, 6.45) is 12.7. The fourth-order valence-electron chi connectivity index (χ4n) is 3.86. The molecule has 0 saturated carbocycles. The van der Waals surface area contributed by atoms with E-state index in [4.69, 9.17) is 0 Å². The summed E-state index contributed by atoms with van der Waals surface area (Å²) >= 11 is 0. The van der Waals surface area contributed by atoms with Crippen molar-refractivity contribution in [2.75, 3.05) is 0 Å². The molecule has 2 aromatic rings. The first-order chi connectivity index (χ1) is 13.2. The number of hydrogen-bond donors (Lipinski definition) is 0. The minimum atomic E-state index is 0.793. The van der Waals surface area contributed by atoms with Crippen molar-refractivity contribution < 1.29 is 0 Å². The Hall–Kier alpha value is -1.13. The van der Waals surface area contributed by atoms with Crippen molar-refractivity contribution in [2.45, 2.75) is 91.9 Å². The standard InChI is InChI=1S/C26H39P/c1-5-9-14-22-19-20-26(27-25-18-13-12-15-21(25)8-4)24(17-11-7-3)23(22)16-10-6-2/h12-13,15,18-20,27H,5-11,14,16-17H2,1-4H3. The molecule has 27 heavy (non-hydrogen) atoms. The maximum atomic E-state index is 2.47. The van der Waals surface area contributed by atoms with E-state index in [-0.39, 0.29) is 0 Å². The first kappa shape index (κ1) is 22.2. The van der Waals surface area contributed by atoms with E-state index in [2.05, 4.69) is 64.1 Å². The molecule has 0 radical (unpaired) electrons. The van der Waals surface area contributed by atoms with Crippen LogP contribution in [-0.4, -0.2) is 0 Å². The zero-order valence-electron chi connectivity index (χ0n) is 18.0. The van der Waals surface area contributed by atoms with Crippen molar-refractivity contribution in [3.8, 4) is 0 Å². The third-order valence-electron chi connectivity index (χ3n) is 5.56. The van der Waals surface area contributed by atoms with E-state index in [9.17, 15) is 0 Å². The van der Waals surface area contributed by atoms with Crippen molar-refractivity contribution in [1.82, 2.24) is 0 Å². The summed E-state index contributed by atoms with van der Waals surface area (Å²) in [6.45, 7) is 9.23. The molecule has 0 N–H and O–H groups in total. The van der Waals surface area contributed by atoms with Crippen molar-refractivity contribution in [2.24, 2.45) is 0 Å². The molecule has 0 spiro atoms. The Balaban J connectivity index is 2.44. The van der Waals surface area contributed by atoms with E-state index in [1.165, 1.54) is 63.4 Å². The molecule has 148 valence electrons. The molecule has 0 nitrogen and oxygen atoms in total. The molecule has 2 aromatic carbocycles. The van der Waals surface area contributed by atoms with Crippen molar-refractivity contribution in [3.63, 3.8) is 0 Å². The molecule has 1 atom stereocenters. The van der Waals surface area contributed by atoms with Crippen LogP contribution in [0.25, 0.3) is 0 Å². The number of rotatable bonds is 12. The number of unbranched alkanes of at least 4 members (excludes halogenated alkanes) is 3. The minimum absolute atomic E-state index is 0.793. The van der Waals surface area contributed by atoms with Gasteiger partial charge in [0.05, 0.1) is 0 Å². The molecule has 0 aliphatic rings. The second kappa shape index (κ2) is 12.4. The van der Waals surface area contributed by atoms with Gasteiger partial charge in [-0.05, 0) is 77.8 Å². The van der Waals surface area contributed by atoms with Crippen molar-refractivity contribution in [3.05, 3.63) is 58.7 Å². The molecule has 0 amide bonds. The summed E-state index contributed by atoms with van der Waals surface area (Å²) in [5, 5.41) is 3.15. The molecule has 0 heterocycles. The van der Waals surface area contributed by atoms with Crippen LogP contribution in [0.5, 0.6) is 0 Å². The maximum Gasteiger partial charge on any atom is -0.0191 e. The number of aryl methyl sites for hydroxylation is 2. The van der Waals surface area contributed by atoms with Gasteiger partial charge in [-0.25, -0.2) is 0 Å². The Labute approximate surface area is 170 Å². The van der Waals surface area contributed by atoms with E-state index >= 15 is 0 Å². The maximum absolute atomic E-state index is 2.47. The zero-order chi connectivity index (χ0) is 19.5. The largest absolute Gasteiger partial charge is 0.0654 e. The SMILES string of the molecule is CCCCc1ccc(Pc2ccccc2CC)c(CCCC)c1CCCC. The average Bonchev–Trinajstić information content (AvgIpc) is 2.70. The summed E-state index contributed by atoms with van der Waals surface area (Å²) < 4.78 is 0. The Morgan fingerprint density at radius 3 is 1.89 bits per heavy atom. The Kier molecular flexibility index (Phi) is 10.1. The summed E-state index contributed by atoms with van der Waals surface area (Å²) in [4.78, 5) is 0. The van der Waals surface area contributed by atoms with Crippen LogP contribution in [0.3, 0.4) is 0 Å². The third-order valence-corrected chi connectivity index (χ3v) is 7.05. The molecule has 0 saturated heterocycles. The van der Waals surface area contributed by atoms with E-state index in [0.29, 0.717) is 0 Å². The molecule has 1 unspecified atom stereocenters. The Bertz CT molecular complexity index is 687. The predicted molar refractivity (Wildman–Crippen MR) is 126 cm³/mol. The van der Waals surface area contributed by atoms with Gasteiger partial charge < -0.3 is 0 Å². The highest BCUT2D eigenvalue weighted by Crippen LogP contribution is 2.26. The van der Waals surface area contributed by atoms with E-state index in [0.717, 1.165) is 15.0 Å². The van der Waals surface area contributed by atoms with E-state index in [1.807, 2.05) is 0 Å². The average molecular weight is 383 g/mol. The van der Waals surface area contributed by atoms with Crippen LogP contribution in [-0.2, 0) is 25.7 Å². The van der Waals surface area contributed by atoms with Crippen LogP contribution in [0.2, 0.25) is 0 Å². The summed E-state index contributed by atoms with van der Waals surface area (Å²) in [7, 11) is 0.793. The van der Waals surface area contributed by atoms with Gasteiger partial charge in [0.1, 0.15) is 0 Å². The molecular formula is C26H39P. The molecule has 2 rings (SSSR count). The van der Waals surface area contributed by atoms with Crippen LogP contribution in [0.4, 0.5) is 0 Å². The van der Waals surface area contributed by atoms with Gasteiger partial charge in [-0.1, -0.05) is 91.9 Å².